The number of rotatable bonds is 9. The van der Waals surface area contributed by atoms with E-state index in [0.717, 1.165) is 15.6 Å². The molecule has 1 N–H and O–H groups in total. The van der Waals surface area contributed by atoms with E-state index in [9.17, 15) is 0 Å². The van der Waals surface area contributed by atoms with Crippen LogP contribution in [0.15, 0.2) is 59.6 Å². The number of methoxy groups -OCH3 is 1. The zero-order chi connectivity index (χ0) is 19.1. The van der Waals surface area contributed by atoms with Crippen LogP contribution in [0.25, 0.3) is 0 Å². The Kier molecular flexibility index (Phi) is 6.43. The van der Waals surface area contributed by atoms with Gasteiger partial charge in [-0.15, -0.1) is 6.58 Å². The lowest BCUT2D eigenvalue weighted by Crippen LogP contribution is -2.08. The third-order valence-corrected chi connectivity index (χ3v) is 4.39. The van der Waals surface area contributed by atoms with Crippen LogP contribution < -0.4 is 14.8 Å². The molecular formula is C19H20BrN5O2. The molecule has 0 radical (unpaired) electrons. The Morgan fingerprint density at radius 3 is 2.78 bits per heavy atom. The van der Waals surface area contributed by atoms with Gasteiger partial charge in [0, 0.05) is 6.54 Å². The van der Waals surface area contributed by atoms with Gasteiger partial charge in [-0.25, -0.2) is 4.68 Å². The predicted octanol–water partition coefficient (Wildman–Crippen LogP) is 3.82. The Hall–Kier alpha value is -2.87. The average Bonchev–Trinajstić information content (AvgIpc) is 3.13. The first kappa shape index (κ1) is 18.9. The quantitative estimate of drug-likeness (QED) is 0.521. The summed E-state index contributed by atoms with van der Waals surface area (Å²) in [6.07, 6.45) is 1.74. The normalized spacial score (nSPS) is 10.4. The van der Waals surface area contributed by atoms with Crippen LogP contribution in [0, 0.1) is 0 Å². The minimum absolute atomic E-state index is 0.462. The molecule has 0 aliphatic carbocycles. The van der Waals surface area contributed by atoms with Crippen LogP contribution in [-0.2, 0) is 19.7 Å². The van der Waals surface area contributed by atoms with E-state index in [1.165, 1.54) is 0 Å². The van der Waals surface area contributed by atoms with Crippen molar-refractivity contribution in [2.24, 2.45) is 0 Å². The monoisotopic (exact) mass is 429 g/mol. The second kappa shape index (κ2) is 9.18. The summed E-state index contributed by atoms with van der Waals surface area (Å²) >= 11 is 3.58. The highest BCUT2D eigenvalue weighted by molar-refractivity contribution is 9.10. The zero-order valence-corrected chi connectivity index (χ0v) is 16.5. The van der Waals surface area contributed by atoms with Crippen molar-refractivity contribution in [3.8, 4) is 11.5 Å². The molecule has 7 nitrogen and oxygen atoms in total. The van der Waals surface area contributed by atoms with E-state index >= 15 is 0 Å². The molecule has 0 saturated heterocycles. The molecule has 1 aromatic heterocycles. The minimum Gasteiger partial charge on any atom is -0.493 e. The standard InChI is InChI=1S/C19H20BrN5O2/c1-3-9-25-19(22-23-24-25)21-12-15-10-16(20)18(17(11-15)26-2)27-13-14-7-5-4-6-8-14/h3-8,10-11H,1,9,12-13H2,2H3,(H,21,22,24). The SMILES string of the molecule is C=CCn1nnnc1NCc1cc(Br)c(OCc2ccccc2)c(OC)c1. The van der Waals surface area contributed by atoms with Gasteiger partial charge in [0.05, 0.1) is 18.1 Å². The van der Waals surface area contributed by atoms with Crippen molar-refractivity contribution in [2.45, 2.75) is 19.7 Å². The van der Waals surface area contributed by atoms with Crippen molar-refractivity contribution in [1.29, 1.82) is 0 Å². The van der Waals surface area contributed by atoms with Crippen molar-refractivity contribution < 1.29 is 9.47 Å². The van der Waals surface area contributed by atoms with E-state index in [2.05, 4.69) is 43.4 Å². The van der Waals surface area contributed by atoms with Gasteiger partial charge in [0.25, 0.3) is 0 Å². The van der Waals surface area contributed by atoms with Crippen LogP contribution in [0.3, 0.4) is 0 Å². The van der Waals surface area contributed by atoms with Crippen LogP contribution in [0.2, 0.25) is 0 Å². The maximum Gasteiger partial charge on any atom is 0.243 e. The summed E-state index contributed by atoms with van der Waals surface area (Å²) in [7, 11) is 1.62. The van der Waals surface area contributed by atoms with Gasteiger partial charge < -0.3 is 14.8 Å². The maximum absolute atomic E-state index is 5.96. The molecule has 140 valence electrons. The molecule has 1 heterocycles. The molecular weight excluding hydrogens is 410 g/mol. The van der Waals surface area contributed by atoms with Crippen LogP contribution in [0.4, 0.5) is 5.95 Å². The molecule has 0 aliphatic heterocycles. The van der Waals surface area contributed by atoms with Crippen LogP contribution in [-0.4, -0.2) is 27.3 Å². The molecule has 3 rings (SSSR count). The maximum atomic E-state index is 5.96. The molecule has 27 heavy (non-hydrogen) atoms. The van der Waals surface area contributed by atoms with Crippen molar-refractivity contribution >= 4 is 21.9 Å². The molecule has 8 heteroatoms. The average molecular weight is 430 g/mol. The first-order valence-electron chi connectivity index (χ1n) is 8.35. The number of hydrogen-bond donors (Lipinski definition) is 1. The van der Waals surface area contributed by atoms with E-state index < -0.39 is 0 Å². The Labute approximate surface area is 166 Å². The fourth-order valence-electron chi connectivity index (χ4n) is 2.50. The predicted molar refractivity (Wildman–Crippen MR) is 107 cm³/mol. The van der Waals surface area contributed by atoms with Crippen molar-refractivity contribution in [2.75, 3.05) is 12.4 Å². The molecule has 0 spiro atoms. The Morgan fingerprint density at radius 1 is 1.22 bits per heavy atom. The minimum atomic E-state index is 0.462. The van der Waals surface area contributed by atoms with Crippen molar-refractivity contribution in [1.82, 2.24) is 20.2 Å². The highest BCUT2D eigenvalue weighted by Crippen LogP contribution is 2.37. The van der Waals surface area contributed by atoms with Gasteiger partial charge >= 0.3 is 0 Å². The second-order valence-electron chi connectivity index (χ2n) is 5.71. The van der Waals surface area contributed by atoms with E-state index in [-0.39, 0.29) is 0 Å². The van der Waals surface area contributed by atoms with Gasteiger partial charge in [0.15, 0.2) is 11.5 Å². The number of tetrazole rings is 1. The number of aromatic nitrogens is 4. The molecule has 0 amide bonds. The number of anilines is 1. The van der Waals surface area contributed by atoms with Gasteiger partial charge in [-0.05, 0) is 49.6 Å². The van der Waals surface area contributed by atoms with Crippen molar-refractivity contribution in [3.05, 3.63) is 70.7 Å². The Morgan fingerprint density at radius 2 is 2.04 bits per heavy atom. The number of halogens is 1. The number of hydrogen-bond acceptors (Lipinski definition) is 6. The number of nitrogens with one attached hydrogen (secondary N) is 1. The fourth-order valence-corrected chi connectivity index (χ4v) is 3.11. The summed E-state index contributed by atoms with van der Waals surface area (Å²) in [5, 5.41) is 14.8. The molecule has 0 bridgehead atoms. The van der Waals surface area contributed by atoms with E-state index in [1.54, 1.807) is 17.9 Å². The smallest absolute Gasteiger partial charge is 0.243 e. The number of benzene rings is 2. The van der Waals surface area contributed by atoms with Crippen molar-refractivity contribution in [3.63, 3.8) is 0 Å². The molecule has 0 aliphatic rings. The lowest BCUT2D eigenvalue weighted by atomic mass is 10.2. The third kappa shape index (κ3) is 4.85. The topological polar surface area (TPSA) is 74.1 Å². The highest BCUT2D eigenvalue weighted by atomic mass is 79.9. The summed E-state index contributed by atoms with van der Waals surface area (Å²) < 4.78 is 13.9. The zero-order valence-electron chi connectivity index (χ0n) is 14.9. The Bertz CT molecular complexity index is 898. The molecule has 0 atom stereocenters. The van der Waals surface area contributed by atoms with E-state index in [1.807, 2.05) is 42.5 Å². The van der Waals surface area contributed by atoms with E-state index in [4.69, 9.17) is 9.47 Å². The molecule has 0 saturated carbocycles. The summed E-state index contributed by atoms with van der Waals surface area (Å²) in [5.41, 5.74) is 2.09. The second-order valence-corrected chi connectivity index (χ2v) is 6.56. The first-order valence-corrected chi connectivity index (χ1v) is 9.14. The van der Waals surface area contributed by atoms with Crippen LogP contribution in [0.5, 0.6) is 11.5 Å². The summed E-state index contributed by atoms with van der Waals surface area (Å²) in [4.78, 5) is 0. The first-order chi connectivity index (χ1) is 13.2. The lowest BCUT2D eigenvalue weighted by molar-refractivity contribution is 0.282. The fraction of sp³-hybridized carbons (Fsp3) is 0.211. The van der Waals surface area contributed by atoms with Gasteiger partial charge in [-0.1, -0.05) is 41.5 Å². The highest BCUT2D eigenvalue weighted by Gasteiger charge is 2.13. The largest absolute Gasteiger partial charge is 0.493 e. The van der Waals surface area contributed by atoms with Crippen LogP contribution >= 0.6 is 15.9 Å². The van der Waals surface area contributed by atoms with Gasteiger partial charge in [0.1, 0.15) is 6.61 Å². The van der Waals surface area contributed by atoms with Gasteiger partial charge in [-0.2, -0.15) is 0 Å². The Balaban J connectivity index is 1.71. The van der Waals surface area contributed by atoms with Gasteiger partial charge in [-0.3, -0.25) is 0 Å². The van der Waals surface area contributed by atoms with Crippen LogP contribution in [0.1, 0.15) is 11.1 Å². The number of ether oxygens (including phenoxy) is 2. The lowest BCUT2D eigenvalue weighted by Gasteiger charge is -2.15. The summed E-state index contributed by atoms with van der Waals surface area (Å²) in [6.45, 7) is 5.23. The number of allylic oxidation sites excluding steroid dienone is 1. The summed E-state index contributed by atoms with van der Waals surface area (Å²) in [5.74, 6) is 1.90. The van der Waals surface area contributed by atoms with E-state index in [0.29, 0.717) is 37.1 Å². The number of nitrogens with zero attached hydrogens (tertiary/aromatic N) is 4. The molecule has 2 aromatic carbocycles. The summed E-state index contributed by atoms with van der Waals surface area (Å²) in [6, 6.07) is 13.9. The molecule has 3 aromatic rings. The van der Waals surface area contributed by atoms with Gasteiger partial charge in [0.2, 0.25) is 5.95 Å². The molecule has 0 fully saturated rings. The molecule has 0 unspecified atom stereocenters. The third-order valence-electron chi connectivity index (χ3n) is 3.80.